The summed E-state index contributed by atoms with van der Waals surface area (Å²) in [5.74, 6) is 1.74. The Bertz CT molecular complexity index is 136. The molecule has 0 aliphatic rings. The normalized spacial score (nSPS) is 16.4. The van der Waals surface area contributed by atoms with E-state index in [2.05, 4.69) is 27.7 Å². The lowest BCUT2D eigenvalue weighted by molar-refractivity contribution is 0.367. The molecule has 0 aromatic carbocycles. The molecule has 0 fully saturated rings. The van der Waals surface area contributed by atoms with Crippen LogP contribution in [0, 0.1) is 11.8 Å². The van der Waals surface area contributed by atoms with Crippen LogP contribution in [0.1, 0.15) is 53.4 Å². The summed E-state index contributed by atoms with van der Waals surface area (Å²) in [5, 5.41) is 0. The van der Waals surface area contributed by atoms with Crippen LogP contribution in [0.3, 0.4) is 0 Å². The van der Waals surface area contributed by atoms with E-state index in [-0.39, 0.29) is 0 Å². The van der Waals surface area contributed by atoms with E-state index in [1.165, 1.54) is 38.0 Å². The second kappa shape index (κ2) is 9.60. The third-order valence-corrected chi connectivity index (χ3v) is 4.48. The zero-order chi connectivity index (χ0) is 11.7. The smallest absolute Gasteiger partial charge is 0.00388 e. The number of rotatable bonds is 9. The van der Waals surface area contributed by atoms with Crippen molar-refractivity contribution in [3.8, 4) is 0 Å². The molecular weight excluding hydrogens is 201 g/mol. The fourth-order valence-corrected chi connectivity index (χ4v) is 3.28. The predicted molar refractivity (Wildman–Crippen MR) is 74.2 cm³/mol. The minimum absolute atomic E-state index is 0.446. The van der Waals surface area contributed by atoms with E-state index >= 15 is 0 Å². The summed E-state index contributed by atoms with van der Waals surface area (Å²) in [6, 6.07) is 0.446. The maximum Gasteiger partial charge on any atom is 0.00388 e. The Hall–Kier alpha value is 0.390. The molecule has 2 heteroatoms. The van der Waals surface area contributed by atoms with Gasteiger partial charge in [-0.05, 0) is 43.4 Å². The summed E-state index contributed by atoms with van der Waals surface area (Å²) in [7, 11) is 1.15. The van der Waals surface area contributed by atoms with Crippen LogP contribution in [0.15, 0.2) is 0 Å². The topological polar surface area (TPSA) is 26.0 Å². The molecule has 2 N–H and O–H groups in total. The highest BCUT2D eigenvalue weighted by molar-refractivity contribution is 7.37. The van der Waals surface area contributed by atoms with E-state index in [9.17, 15) is 0 Å². The fraction of sp³-hybridized carbons (Fsp3) is 1.00. The summed E-state index contributed by atoms with van der Waals surface area (Å²) in [6.45, 7) is 9.23. The Kier molecular flexibility index (Phi) is 9.85. The molecule has 0 aromatic rings. The van der Waals surface area contributed by atoms with Gasteiger partial charge in [-0.15, -0.1) is 8.58 Å². The lowest BCUT2D eigenvalue weighted by atomic mass is 9.90. The first-order chi connectivity index (χ1) is 7.11. The van der Waals surface area contributed by atoms with Crippen molar-refractivity contribution >= 4 is 8.58 Å². The van der Waals surface area contributed by atoms with Crippen molar-refractivity contribution < 1.29 is 0 Å². The van der Waals surface area contributed by atoms with Crippen molar-refractivity contribution in [3.63, 3.8) is 0 Å². The van der Waals surface area contributed by atoms with E-state index in [0.717, 1.165) is 20.4 Å². The summed E-state index contributed by atoms with van der Waals surface area (Å²) < 4.78 is 0. The Balaban J connectivity index is 3.74. The summed E-state index contributed by atoms with van der Waals surface area (Å²) in [5.41, 5.74) is 6.06. The first-order valence-electron chi connectivity index (χ1n) is 6.58. The zero-order valence-corrected chi connectivity index (χ0v) is 12.1. The molecule has 15 heavy (non-hydrogen) atoms. The van der Waals surface area contributed by atoms with Gasteiger partial charge in [-0.25, -0.2) is 0 Å². The molecule has 3 unspecified atom stereocenters. The first-order valence-corrected chi connectivity index (χ1v) is 7.99. The molecular formula is C13H30NP. The lowest BCUT2D eigenvalue weighted by Crippen LogP contribution is -2.22. The maximum atomic E-state index is 6.06. The van der Waals surface area contributed by atoms with Crippen LogP contribution in [0.25, 0.3) is 0 Å². The summed E-state index contributed by atoms with van der Waals surface area (Å²) in [4.78, 5) is 0. The van der Waals surface area contributed by atoms with Crippen molar-refractivity contribution in [1.82, 2.24) is 0 Å². The Morgan fingerprint density at radius 3 is 2.20 bits per heavy atom. The quantitative estimate of drug-likeness (QED) is 0.599. The van der Waals surface area contributed by atoms with Gasteiger partial charge in [0.15, 0.2) is 0 Å². The zero-order valence-electron chi connectivity index (χ0n) is 11.1. The standard InChI is InChI=1S/C13H30NP/c1-5-7-13(14)9-8-12(11(3)4)10-15-6-2/h11-13,15H,5-10,14H2,1-4H3. The highest BCUT2D eigenvalue weighted by Crippen LogP contribution is 2.25. The second-order valence-corrected chi connectivity index (χ2v) is 6.55. The molecule has 92 valence electrons. The van der Waals surface area contributed by atoms with Crippen LogP contribution in [-0.4, -0.2) is 18.4 Å². The molecule has 0 saturated carbocycles. The third-order valence-electron chi connectivity index (χ3n) is 3.17. The molecule has 0 aliphatic carbocycles. The Labute approximate surface area is 98.4 Å². The number of nitrogens with two attached hydrogens (primary N) is 1. The SMILES string of the molecule is CCCC(N)CCC(CPCC)C(C)C. The van der Waals surface area contributed by atoms with Crippen LogP contribution >= 0.6 is 8.58 Å². The largest absolute Gasteiger partial charge is 0.328 e. The van der Waals surface area contributed by atoms with Gasteiger partial charge in [0.2, 0.25) is 0 Å². The fourth-order valence-electron chi connectivity index (χ4n) is 1.94. The lowest BCUT2D eigenvalue weighted by Gasteiger charge is -2.22. The first kappa shape index (κ1) is 15.4. The van der Waals surface area contributed by atoms with Gasteiger partial charge < -0.3 is 5.73 Å². The minimum atomic E-state index is 0.446. The minimum Gasteiger partial charge on any atom is -0.328 e. The number of hydrogen-bond acceptors (Lipinski definition) is 1. The number of hydrogen-bond donors (Lipinski definition) is 1. The van der Waals surface area contributed by atoms with Gasteiger partial charge in [0.25, 0.3) is 0 Å². The average Bonchev–Trinajstić information content (AvgIpc) is 2.17. The van der Waals surface area contributed by atoms with Gasteiger partial charge in [0, 0.05) is 6.04 Å². The van der Waals surface area contributed by atoms with Crippen molar-refractivity contribution in [2.24, 2.45) is 17.6 Å². The van der Waals surface area contributed by atoms with Crippen LogP contribution in [0.4, 0.5) is 0 Å². The Morgan fingerprint density at radius 1 is 1.07 bits per heavy atom. The maximum absolute atomic E-state index is 6.06. The van der Waals surface area contributed by atoms with Gasteiger partial charge in [-0.2, -0.15) is 0 Å². The highest BCUT2D eigenvalue weighted by Gasteiger charge is 2.14. The molecule has 0 radical (unpaired) electrons. The van der Waals surface area contributed by atoms with Crippen LogP contribution < -0.4 is 5.73 Å². The van der Waals surface area contributed by atoms with E-state index in [1.807, 2.05) is 0 Å². The van der Waals surface area contributed by atoms with E-state index in [4.69, 9.17) is 5.73 Å². The van der Waals surface area contributed by atoms with E-state index in [1.54, 1.807) is 0 Å². The van der Waals surface area contributed by atoms with Crippen molar-refractivity contribution in [1.29, 1.82) is 0 Å². The van der Waals surface area contributed by atoms with Crippen LogP contribution in [0.2, 0.25) is 0 Å². The van der Waals surface area contributed by atoms with E-state index in [0.29, 0.717) is 6.04 Å². The molecule has 3 atom stereocenters. The van der Waals surface area contributed by atoms with Gasteiger partial charge in [-0.1, -0.05) is 34.1 Å². The summed E-state index contributed by atoms with van der Waals surface area (Å²) >= 11 is 0. The van der Waals surface area contributed by atoms with E-state index < -0.39 is 0 Å². The van der Waals surface area contributed by atoms with Gasteiger partial charge in [-0.3, -0.25) is 0 Å². The molecule has 0 spiro atoms. The molecule has 0 saturated heterocycles. The molecule has 0 heterocycles. The molecule has 1 nitrogen and oxygen atoms in total. The molecule has 0 bridgehead atoms. The second-order valence-electron chi connectivity index (χ2n) is 4.94. The third kappa shape index (κ3) is 8.22. The predicted octanol–water partition coefficient (Wildman–Crippen LogP) is 3.86. The van der Waals surface area contributed by atoms with Crippen molar-refractivity contribution in [2.75, 3.05) is 12.3 Å². The summed E-state index contributed by atoms with van der Waals surface area (Å²) in [6.07, 6.45) is 7.76. The molecule has 0 rings (SSSR count). The van der Waals surface area contributed by atoms with Crippen LogP contribution in [-0.2, 0) is 0 Å². The van der Waals surface area contributed by atoms with Gasteiger partial charge >= 0.3 is 0 Å². The van der Waals surface area contributed by atoms with Gasteiger partial charge in [0.05, 0.1) is 0 Å². The van der Waals surface area contributed by atoms with Crippen molar-refractivity contribution in [2.45, 2.75) is 59.4 Å². The monoisotopic (exact) mass is 231 g/mol. The Morgan fingerprint density at radius 2 is 1.73 bits per heavy atom. The molecule has 0 amide bonds. The van der Waals surface area contributed by atoms with Crippen molar-refractivity contribution in [3.05, 3.63) is 0 Å². The van der Waals surface area contributed by atoms with Gasteiger partial charge in [0.1, 0.15) is 0 Å². The molecule has 0 aliphatic heterocycles. The van der Waals surface area contributed by atoms with Crippen LogP contribution in [0.5, 0.6) is 0 Å². The average molecular weight is 231 g/mol. The molecule has 0 aromatic heterocycles. The highest BCUT2D eigenvalue weighted by atomic mass is 31.1.